The van der Waals surface area contributed by atoms with Crippen molar-refractivity contribution in [3.05, 3.63) is 0 Å². The minimum absolute atomic E-state index is 0.230. The Morgan fingerprint density at radius 3 is 2.31 bits per heavy atom. The number of likely N-dealkylation sites (N-methyl/N-ethyl adjacent to an activating group) is 1. The maximum atomic E-state index is 11.2. The molecule has 0 amide bonds. The first kappa shape index (κ1) is 12.4. The average Bonchev–Trinajstić information content (AvgIpc) is 1.81. The standard InChI is InChI=1S/C9H19NO3/c1-9(2,3)13-8(11)6-10(4)7-12-5/h6-7H2,1-5H3. The molecule has 13 heavy (non-hydrogen) atoms. The monoisotopic (exact) mass is 189 g/mol. The van der Waals surface area contributed by atoms with Crippen LogP contribution in [0.15, 0.2) is 0 Å². The van der Waals surface area contributed by atoms with E-state index in [1.54, 1.807) is 19.1 Å². The van der Waals surface area contributed by atoms with Gasteiger partial charge in [-0.05, 0) is 27.8 Å². The van der Waals surface area contributed by atoms with Crippen molar-refractivity contribution in [3.63, 3.8) is 0 Å². The van der Waals surface area contributed by atoms with E-state index in [1.807, 2.05) is 20.8 Å². The summed E-state index contributed by atoms with van der Waals surface area (Å²) >= 11 is 0. The largest absolute Gasteiger partial charge is 0.459 e. The van der Waals surface area contributed by atoms with Gasteiger partial charge in [-0.25, -0.2) is 0 Å². The van der Waals surface area contributed by atoms with Crippen molar-refractivity contribution in [2.24, 2.45) is 0 Å². The average molecular weight is 189 g/mol. The number of carbonyl (C=O) groups is 1. The van der Waals surface area contributed by atoms with E-state index in [0.717, 1.165) is 0 Å². The number of nitrogens with zero attached hydrogens (tertiary/aromatic N) is 1. The molecule has 0 fully saturated rings. The maximum absolute atomic E-state index is 11.2. The van der Waals surface area contributed by atoms with Gasteiger partial charge in [0.15, 0.2) is 0 Å². The zero-order chi connectivity index (χ0) is 10.5. The lowest BCUT2D eigenvalue weighted by molar-refractivity contribution is -0.156. The molecule has 0 aromatic carbocycles. The summed E-state index contributed by atoms with van der Waals surface area (Å²) in [6.45, 7) is 6.23. The van der Waals surface area contributed by atoms with Gasteiger partial charge in [0.05, 0.1) is 13.3 Å². The fourth-order valence-corrected chi connectivity index (χ4v) is 0.860. The molecule has 0 rings (SSSR count). The van der Waals surface area contributed by atoms with Crippen LogP contribution in [-0.2, 0) is 14.3 Å². The minimum atomic E-state index is -0.412. The van der Waals surface area contributed by atoms with E-state index < -0.39 is 5.60 Å². The number of esters is 1. The van der Waals surface area contributed by atoms with E-state index in [4.69, 9.17) is 9.47 Å². The summed E-state index contributed by atoms with van der Waals surface area (Å²) in [5.41, 5.74) is -0.412. The summed E-state index contributed by atoms with van der Waals surface area (Å²) in [5.74, 6) is -0.230. The molecule has 0 bridgehead atoms. The Labute approximate surface area is 79.8 Å². The summed E-state index contributed by atoms with van der Waals surface area (Å²) in [4.78, 5) is 13.0. The van der Waals surface area contributed by atoms with Gasteiger partial charge >= 0.3 is 5.97 Å². The van der Waals surface area contributed by atoms with Gasteiger partial charge in [-0.2, -0.15) is 0 Å². The van der Waals surface area contributed by atoms with E-state index in [0.29, 0.717) is 6.73 Å². The van der Waals surface area contributed by atoms with Gasteiger partial charge in [0, 0.05) is 7.11 Å². The van der Waals surface area contributed by atoms with Crippen LogP contribution in [0.3, 0.4) is 0 Å². The molecule has 4 heteroatoms. The molecule has 0 aromatic rings. The highest BCUT2D eigenvalue weighted by Gasteiger charge is 2.17. The van der Waals surface area contributed by atoms with Gasteiger partial charge in [0.2, 0.25) is 0 Å². The van der Waals surface area contributed by atoms with Crippen molar-refractivity contribution in [2.45, 2.75) is 26.4 Å². The van der Waals surface area contributed by atoms with Crippen LogP contribution in [-0.4, -0.2) is 43.9 Å². The molecule has 0 saturated heterocycles. The first-order valence-corrected chi connectivity index (χ1v) is 4.24. The highest BCUT2D eigenvalue weighted by atomic mass is 16.6. The molecule has 0 N–H and O–H groups in total. The quantitative estimate of drug-likeness (QED) is 0.486. The Morgan fingerprint density at radius 1 is 1.38 bits per heavy atom. The lowest BCUT2D eigenvalue weighted by Gasteiger charge is -2.21. The predicted molar refractivity (Wildman–Crippen MR) is 50.4 cm³/mol. The molecule has 0 spiro atoms. The second kappa shape index (κ2) is 5.19. The second-order valence-corrected chi connectivity index (χ2v) is 4.02. The zero-order valence-electron chi connectivity index (χ0n) is 9.09. The van der Waals surface area contributed by atoms with E-state index >= 15 is 0 Å². The first-order chi connectivity index (χ1) is 5.85. The van der Waals surface area contributed by atoms with Crippen molar-refractivity contribution >= 4 is 5.97 Å². The van der Waals surface area contributed by atoms with E-state index in [9.17, 15) is 4.79 Å². The molecule has 0 saturated carbocycles. The van der Waals surface area contributed by atoms with Crippen LogP contribution in [0.2, 0.25) is 0 Å². The molecule has 0 radical (unpaired) electrons. The topological polar surface area (TPSA) is 38.8 Å². The molecule has 0 unspecified atom stereocenters. The van der Waals surface area contributed by atoms with Crippen LogP contribution in [0.1, 0.15) is 20.8 Å². The lowest BCUT2D eigenvalue weighted by atomic mass is 10.2. The minimum Gasteiger partial charge on any atom is -0.459 e. The third-order valence-corrected chi connectivity index (χ3v) is 1.17. The Hall–Kier alpha value is -0.610. The third-order valence-electron chi connectivity index (χ3n) is 1.17. The van der Waals surface area contributed by atoms with Gasteiger partial charge < -0.3 is 9.47 Å². The zero-order valence-corrected chi connectivity index (χ0v) is 9.09. The number of hydrogen-bond acceptors (Lipinski definition) is 4. The molecular formula is C9H19NO3. The van der Waals surface area contributed by atoms with Crippen molar-refractivity contribution in [1.29, 1.82) is 0 Å². The highest BCUT2D eigenvalue weighted by molar-refractivity contribution is 5.72. The van der Waals surface area contributed by atoms with Crippen molar-refractivity contribution < 1.29 is 14.3 Å². The Balaban J connectivity index is 3.74. The molecule has 0 heterocycles. The van der Waals surface area contributed by atoms with Gasteiger partial charge in [0.1, 0.15) is 5.60 Å². The first-order valence-electron chi connectivity index (χ1n) is 4.24. The molecule has 0 atom stereocenters. The van der Waals surface area contributed by atoms with E-state index in [1.165, 1.54) is 0 Å². The van der Waals surface area contributed by atoms with Crippen LogP contribution < -0.4 is 0 Å². The Bertz CT molecular complexity index is 163. The van der Waals surface area contributed by atoms with Crippen molar-refractivity contribution in [3.8, 4) is 0 Å². The van der Waals surface area contributed by atoms with Crippen LogP contribution in [0.25, 0.3) is 0 Å². The number of carbonyl (C=O) groups excluding carboxylic acids is 1. The molecule has 0 aliphatic carbocycles. The summed E-state index contributed by atoms with van der Waals surface area (Å²) in [6, 6.07) is 0. The maximum Gasteiger partial charge on any atom is 0.320 e. The molecule has 78 valence electrons. The Morgan fingerprint density at radius 2 is 1.92 bits per heavy atom. The molecule has 4 nitrogen and oxygen atoms in total. The molecular weight excluding hydrogens is 170 g/mol. The van der Waals surface area contributed by atoms with Gasteiger partial charge in [0.25, 0.3) is 0 Å². The van der Waals surface area contributed by atoms with Gasteiger partial charge in [-0.1, -0.05) is 0 Å². The second-order valence-electron chi connectivity index (χ2n) is 4.02. The third kappa shape index (κ3) is 7.74. The van der Waals surface area contributed by atoms with Crippen LogP contribution in [0.4, 0.5) is 0 Å². The molecule has 0 aromatic heterocycles. The van der Waals surface area contributed by atoms with Crippen LogP contribution in [0, 0.1) is 0 Å². The number of hydrogen-bond donors (Lipinski definition) is 0. The Kier molecular flexibility index (Phi) is 4.95. The summed E-state index contributed by atoms with van der Waals surface area (Å²) < 4.78 is 9.97. The van der Waals surface area contributed by atoms with Gasteiger partial charge in [-0.15, -0.1) is 0 Å². The molecule has 0 aliphatic rings. The SMILES string of the molecule is COCN(C)CC(=O)OC(C)(C)C. The summed E-state index contributed by atoms with van der Waals surface area (Å²) in [5, 5.41) is 0. The fraction of sp³-hybridized carbons (Fsp3) is 0.889. The lowest BCUT2D eigenvalue weighted by Crippen LogP contribution is -2.33. The van der Waals surface area contributed by atoms with Crippen LogP contribution >= 0.6 is 0 Å². The number of rotatable bonds is 4. The van der Waals surface area contributed by atoms with Crippen molar-refractivity contribution in [2.75, 3.05) is 27.4 Å². The summed E-state index contributed by atoms with van der Waals surface area (Å²) in [6.07, 6.45) is 0. The smallest absolute Gasteiger partial charge is 0.320 e. The van der Waals surface area contributed by atoms with E-state index in [-0.39, 0.29) is 12.5 Å². The predicted octanol–water partition coefficient (Wildman–Crippen LogP) is 0.864. The van der Waals surface area contributed by atoms with E-state index in [2.05, 4.69) is 0 Å². The summed E-state index contributed by atoms with van der Waals surface area (Å²) in [7, 11) is 3.39. The van der Waals surface area contributed by atoms with Crippen molar-refractivity contribution in [1.82, 2.24) is 4.90 Å². The van der Waals surface area contributed by atoms with Gasteiger partial charge in [-0.3, -0.25) is 9.69 Å². The molecule has 0 aliphatic heterocycles. The van der Waals surface area contributed by atoms with Crippen LogP contribution in [0.5, 0.6) is 0 Å². The fourth-order valence-electron chi connectivity index (χ4n) is 0.860. The number of methoxy groups -OCH3 is 1. The normalized spacial score (nSPS) is 11.8. The number of ether oxygens (including phenoxy) is 2. The highest BCUT2D eigenvalue weighted by Crippen LogP contribution is 2.06.